The minimum absolute atomic E-state index is 0. The molecule has 0 spiro atoms. The first-order valence-corrected chi connectivity index (χ1v) is 3.91. The first-order chi connectivity index (χ1) is 5.72. The molecule has 0 unspecified atom stereocenters. The zero-order chi connectivity index (χ0) is 9.40. The van der Waals surface area contributed by atoms with Crippen LogP contribution >= 0.6 is 0 Å². The molecule has 0 bridgehead atoms. The summed E-state index contributed by atoms with van der Waals surface area (Å²) in [4.78, 5) is 9.59. The molecule has 4 heteroatoms. The van der Waals surface area contributed by atoms with Gasteiger partial charge >= 0.3 is 58.2 Å². The summed E-state index contributed by atoms with van der Waals surface area (Å²) in [5, 5.41) is 10.0. The minimum Gasteiger partial charge on any atom is -0.358 e. The van der Waals surface area contributed by atoms with E-state index < -0.39 is 4.92 Å². The quantitative estimate of drug-likeness (QED) is 0.422. The summed E-state index contributed by atoms with van der Waals surface area (Å²) in [7, 11) is 0. The molecule has 0 saturated carbocycles. The Morgan fingerprint density at radius 2 is 1.57 bits per heavy atom. The van der Waals surface area contributed by atoms with Gasteiger partial charge in [-0.3, -0.25) is 10.1 Å². The molecular formula is C10H16NO2Rb. The van der Waals surface area contributed by atoms with Crippen molar-refractivity contribution in [3.63, 3.8) is 0 Å². The number of non-ortho nitro benzene ring substituents is 1. The number of benzene rings is 1. The Kier molecular flexibility index (Phi) is 19.1. The average molecular weight is 268 g/mol. The van der Waals surface area contributed by atoms with Crippen LogP contribution in [-0.2, 0) is 0 Å². The Labute approximate surface area is 135 Å². The molecule has 74 valence electrons. The van der Waals surface area contributed by atoms with Gasteiger partial charge in [0.1, 0.15) is 0 Å². The van der Waals surface area contributed by atoms with Crippen LogP contribution in [0, 0.1) is 17.5 Å². The molecule has 0 atom stereocenters. The van der Waals surface area contributed by atoms with E-state index >= 15 is 0 Å². The van der Waals surface area contributed by atoms with E-state index in [1.807, 2.05) is 0 Å². The molecule has 1 aromatic carbocycles. The van der Waals surface area contributed by atoms with Gasteiger partial charge in [0.05, 0.1) is 4.92 Å². The maximum absolute atomic E-state index is 10.0. The number of nitro benzene ring substituents is 1. The number of nitro groups is 1. The third-order valence-corrected chi connectivity index (χ3v) is 0.967. The summed E-state index contributed by atoms with van der Waals surface area (Å²) in [5.41, 5.74) is 0.137. The van der Waals surface area contributed by atoms with Crippen molar-refractivity contribution in [3.05, 3.63) is 47.9 Å². The molecule has 0 fully saturated rings. The van der Waals surface area contributed by atoms with Gasteiger partial charge in [-0.05, 0) is 0 Å². The van der Waals surface area contributed by atoms with Gasteiger partial charge in [-0.1, -0.05) is 38.5 Å². The van der Waals surface area contributed by atoms with Crippen molar-refractivity contribution < 1.29 is 63.1 Å². The SMILES string of the molecule is CCC.O=[N+]([O-])c1ccccc1.[CH3-].[Rb+]. The van der Waals surface area contributed by atoms with Gasteiger partial charge in [0.25, 0.3) is 5.69 Å². The standard InChI is InChI=1S/C6H5NO2.C3H8.CH3.Rb/c8-7(9)6-4-2-1-3-5-6;1-3-2;;/h1-5H;3H2,1-2H3;1H3;/q;;-1;+1. The maximum Gasteiger partial charge on any atom is 1.00 e. The molecule has 0 aromatic heterocycles. The van der Waals surface area contributed by atoms with E-state index in [-0.39, 0.29) is 71.3 Å². The van der Waals surface area contributed by atoms with Gasteiger partial charge in [0, 0.05) is 12.1 Å². The number of hydrogen-bond donors (Lipinski definition) is 0. The summed E-state index contributed by atoms with van der Waals surface area (Å²) in [6.45, 7) is 4.25. The van der Waals surface area contributed by atoms with Gasteiger partial charge in [-0.25, -0.2) is 0 Å². The molecule has 1 aromatic rings. The largest absolute Gasteiger partial charge is 1.00 e. The summed E-state index contributed by atoms with van der Waals surface area (Å²) < 4.78 is 0. The normalized spacial score (nSPS) is 7.00. The summed E-state index contributed by atoms with van der Waals surface area (Å²) in [6.07, 6.45) is 1.25. The Balaban J connectivity index is -0.000000218. The molecule has 0 N–H and O–H groups in total. The summed E-state index contributed by atoms with van der Waals surface area (Å²) in [6, 6.07) is 7.93. The third-order valence-electron chi connectivity index (χ3n) is 0.967. The number of hydrogen-bond acceptors (Lipinski definition) is 2. The van der Waals surface area contributed by atoms with E-state index in [4.69, 9.17) is 0 Å². The minimum atomic E-state index is -0.417. The predicted octanol–water partition coefficient (Wildman–Crippen LogP) is 0.465. The second-order valence-electron chi connectivity index (χ2n) is 2.30. The van der Waals surface area contributed by atoms with Crippen LogP contribution in [0.2, 0.25) is 0 Å². The molecular weight excluding hydrogens is 252 g/mol. The zero-order valence-electron chi connectivity index (χ0n) is 9.36. The van der Waals surface area contributed by atoms with Gasteiger partial charge in [-0.15, -0.1) is 0 Å². The molecule has 0 saturated heterocycles. The van der Waals surface area contributed by atoms with Crippen molar-refractivity contribution in [2.24, 2.45) is 0 Å². The van der Waals surface area contributed by atoms with Gasteiger partial charge < -0.3 is 7.43 Å². The Hall–Kier alpha value is 0.425. The fraction of sp³-hybridized carbons (Fsp3) is 0.300. The van der Waals surface area contributed by atoms with Crippen molar-refractivity contribution in [1.82, 2.24) is 0 Å². The first kappa shape index (κ1) is 19.9. The van der Waals surface area contributed by atoms with E-state index in [2.05, 4.69) is 13.8 Å². The average Bonchev–Trinajstić information content (AvgIpc) is 2.07. The van der Waals surface area contributed by atoms with E-state index in [0.717, 1.165) is 0 Å². The molecule has 0 aliphatic carbocycles. The van der Waals surface area contributed by atoms with Crippen LogP contribution in [0.5, 0.6) is 0 Å². The van der Waals surface area contributed by atoms with Crippen LogP contribution in [0.1, 0.15) is 20.3 Å². The van der Waals surface area contributed by atoms with Crippen LogP contribution in [-0.4, -0.2) is 4.92 Å². The van der Waals surface area contributed by atoms with Gasteiger partial charge in [-0.2, -0.15) is 0 Å². The zero-order valence-corrected chi connectivity index (χ0v) is 14.3. The fourth-order valence-corrected chi connectivity index (χ4v) is 0.550. The van der Waals surface area contributed by atoms with Crippen LogP contribution in [0.25, 0.3) is 0 Å². The first-order valence-electron chi connectivity index (χ1n) is 3.91. The Morgan fingerprint density at radius 1 is 1.21 bits per heavy atom. The van der Waals surface area contributed by atoms with Gasteiger partial charge in [0.2, 0.25) is 0 Å². The van der Waals surface area contributed by atoms with Crippen molar-refractivity contribution >= 4 is 5.69 Å². The van der Waals surface area contributed by atoms with Crippen LogP contribution in [0.15, 0.2) is 30.3 Å². The van der Waals surface area contributed by atoms with Crippen molar-refractivity contribution in [2.75, 3.05) is 0 Å². The molecule has 3 nitrogen and oxygen atoms in total. The van der Waals surface area contributed by atoms with Crippen LogP contribution in [0.4, 0.5) is 5.69 Å². The van der Waals surface area contributed by atoms with E-state index in [1.165, 1.54) is 18.6 Å². The van der Waals surface area contributed by atoms with Crippen LogP contribution in [0.3, 0.4) is 0 Å². The van der Waals surface area contributed by atoms with E-state index in [1.54, 1.807) is 18.2 Å². The molecule has 0 aliphatic heterocycles. The third kappa shape index (κ3) is 10.5. The number of para-hydroxylation sites is 1. The second kappa shape index (κ2) is 13.4. The molecule has 0 heterocycles. The Morgan fingerprint density at radius 3 is 1.79 bits per heavy atom. The van der Waals surface area contributed by atoms with Crippen molar-refractivity contribution in [2.45, 2.75) is 20.3 Å². The summed E-state index contributed by atoms with van der Waals surface area (Å²) in [5.74, 6) is 0. The predicted molar refractivity (Wildman–Crippen MR) is 55.5 cm³/mol. The summed E-state index contributed by atoms with van der Waals surface area (Å²) >= 11 is 0. The van der Waals surface area contributed by atoms with Crippen LogP contribution < -0.4 is 58.2 Å². The number of nitrogens with zero attached hydrogens (tertiary/aromatic N) is 1. The van der Waals surface area contributed by atoms with E-state index in [0.29, 0.717) is 0 Å². The van der Waals surface area contributed by atoms with E-state index in [9.17, 15) is 10.1 Å². The molecule has 0 amide bonds. The number of rotatable bonds is 1. The van der Waals surface area contributed by atoms with Crippen molar-refractivity contribution in [1.29, 1.82) is 0 Å². The molecule has 14 heavy (non-hydrogen) atoms. The molecule has 0 radical (unpaired) electrons. The van der Waals surface area contributed by atoms with Crippen molar-refractivity contribution in [3.8, 4) is 0 Å². The molecule has 1 rings (SSSR count). The second-order valence-corrected chi connectivity index (χ2v) is 2.30. The van der Waals surface area contributed by atoms with Gasteiger partial charge in [0.15, 0.2) is 0 Å². The smallest absolute Gasteiger partial charge is 0.358 e. The molecule has 0 aliphatic rings. The Bertz CT molecular complexity index is 227. The maximum atomic E-state index is 10.0. The topological polar surface area (TPSA) is 43.1 Å². The fourth-order valence-electron chi connectivity index (χ4n) is 0.550. The monoisotopic (exact) mass is 267 g/mol.